The molecule has 2 atom stereocenters. The summed E-state index contributed by atoms with van der Waals surface area (Å²) in [5.74, 6) is -0.434. The van der Waals surface area contributed by atoms with E-state index in [0.717, 1.165) is 57.8 Å². The Bertz CT molecular complexity index is 539. The quantitative estimate of drug-likeness (QED) is 0.426. The fourth-order valence-electron chi connectivity index (χ4n) is 4.11. The van der Waals surface area contributed by atoms with Gasteiger partial charge in [0.2, 0.25) is 5.91 Å². The average Bonchev–Trinajstić information content (AvgIpc) is 2.76. The molecule has 2 heterocycles. The van der Waals surface area contributed by atoms with Crippen LogP contribution in [0.3, 0.4) is 0 Å². The van der Waals surface area contributed by atoms with Crippen LogP contribution in [0.4, 0.5) is 4.79 Å². The third kappa shape index (κ3) is 6.89. The average molecular weight is 411 g/mol. The van der Waals surface area contributed by atoms with E-state index in [4.69, 9.17) is 9.47 Å². The van der Waals surface area contributed by atoms with Crippen LogP contribution in [0.1, 0.15) is 84.5 Å². The third-order valence-corrected chi connectivity index (χ3v) is 5.75. The van der Waals surface area contributed by atoms with Crippen LogP contribution in [-0.4, -0.2) is 66.2 Å². The van der Waals surface area contributed by atoms with E-state index < -0.39 is 18.2 Å². The third-order valence-electron chi connectivity index (χ3n) is 5.75. The molecule has 2 aliphatic heterocycles. The Hall–Kier alpha value is -1.79. The highest BCUT2D eigenvalue weighted by molar-refractivity contribution is 5.90. The number of unbranched alkanes of at least 4 members (excludes halogenated alkanes) is 3. The van der Waals surface area contributed by atoms with E-state index in [2.05, 4.69) is 6.92 Å². The van der Waals surface area contributed by atoms with E-state index >= 15 is 0 Å². The lowest BCUT2D eigenvalue weighted by Gasteiger charge is -2.40. The summed E-state index contributed by atoms with van der Waals surface area (Å²) >= 11 is 0. The molecule has 2 unspecified atom stereocenters. The summed E-state index contributed by atoms with van der Waals surface area (Å²) in [4.78, 5) is 41.7. The van der Waals surface area contributed by atoms with Crippen molar-refractivity contribution >= 4 is 18.0 Å². The number of hydrogen-bond donors (Lipinski definition) is 0. The van der Waals surface area contributed by atoms with E-state index in [0.29, 0.717) is 39.1 Å². The molecule has 7 nitrogen and oxygen atoms in total. The first-order valence-electron chi connectivity index (χ1n) is 11.5. The van der Waals surface area contributed by atoms with Gasteiger partial charge in [-0.15, -0.1) is 0 Å². The second-order valence-corrected chi connectivity index (χ2v) is 8.09. The van der Waals surface area contributed by atoms with E-state index in [1.165, 1.54) is 0 Å². The highest BCUT2D eigenvalue weighted by Crippen LogP contribution is 2.25. The molecular formula is C22H38N2O5. The molecule has 2 fully saturated rings. The maximum absolute atomic E-state index is 13.3. The van der Waals surface area contributed by atoms with Gasteiger partial charge in [0.15, 0.2) is 0 Å². The van der Waals surface area contributed by atoms with Crippen LogP contribution < -0.4 is 0 Å². The summed E-state index contributed by atoms with van der Waals surface area (Å²) in [6, 6.07) is -1.07. The van der Waals surface area contributed by atoms with Crippen LogP contribution >= 0.6 is 0 Å². The summed E-state index contributed by atoms with van der Waals surface area (Å²) in [6.45, 7) is 5.92. The number of ether oxygens (including phenoxy) is 2. The van der Waals surface area contributed by atoms with Gasteiger partial charge >= 0.3 is 12.1 Å². The van der Waals surface area contributed by atoms with Crippen molar-refractivity contribution in [3.63, 3.8) is 0 Å². The Labute approximate surface area is 175 Å². The molecule has 0 saturated carbocycles. The highest BCUT2D eigenvalue weighted by Gasteiger charge is 2.40. The lowest BCUT2D eigenvalue weighted by atomic mass is 9.97. The number of amides is 2. The van der Waals surface area contributed by atoms with Crippen LogP contribution in [-0.2, 0) is 19.1 Å². The van der Waals surface area contributed by atoms with Gasteiger partial charge in [-0.25, -0.2) is 9.59 Å². The summed E-state index contributed by atoms with van der Waals surface area (Å²) in [7, 11) is 0. The Balaban J connectivity index is 1.99. The number of carbonyl (C=O) groups is 3. The first kappa shape index (κ1) is 23.5. The van der Waals surface area contributed by atoms with E-state index in [1.54, 1.807) is 9.80 Å². The van der Waals surface area contributed by atoms with Gasteiger partial charge < -0.3 is 14.4 Å². The molecule has 0 aromatic carbocycles. The number of likely N-dealkylation sites (tertiary alicyclic amines) is 2. The number of nitrogens with zero attached hydrogens (tertiary/aromatic N) is 2. The monoisotopic (exact) mass is 410 g/mol. The maximum Gasteiger partial charge on any atom is 0.410 e. The molecule has 0 aliphatic carbocycles. The highest BCUT2D eigenvalue weighted by atomic mass is 16.6. The molecule has 166 valence electrons. The Morgan fingerprint density at radius 1 is 0.759 bits per heavy atom. The number of hydrogen-bond acceptors (Lipinski definition) is 5. The van der Waals surface area contributed by atoms with Crippen molar-refractivity contribution in [1.29, 1.82) is 0 Å². The SMILES string of the molecule is CCCCCCOC(=O)C1CCCCN1C(=O)C1CCCCN1C(=O)OCCC. The Kier molecular flexibility index (Phi) is 10.3. The lowest BCUT2D eigenvalue weighted by molar-refractivity contribution is -0.159. The van der Waals surface area contributed by atoms with Gasteiger partial charge in [-0.1, -0.05) is 33.1 Å². The predicted octanol–water partition coefficient (Wildman–Crippen LogP) is 3.89. The lowest BCUT2D eigenvalue weighted by Crippen LogP contribution is -2.58. The van der Waals surface area contributed by atoms with Crippen molar-refractivity contribution in [2.24, 2.45) is 0 Å². The summed E-state index contributed by atoms with van der Waals surface area (Å²) in [5.41, 5.74) is 0. The molecule has 0 radical (unpaired) electrons. The smallest absolute Gasteiger partial charge is 0.410 e. The first-order valence-corrected chi connectivity index (χ1v) is 11.5. The number of esters is 1. The van der Waals surface area contributed by atoms with Gasteiger partial charge in [0, 0.05) is 13.1 Å². The standard InChI is InChI=1S/C22H38N2O5/c1-3-5-6-11-17-28-21(26)19-13-8-9-14-23(19)20(25)18-12-7-10-15-24(18)22(27)29-16-4-2/h18-19H,3-17H2,1-2H3. The fraction of sp³-hybridized carbons (Fsp3) is 0.864. The van der Waals surface area contributed by atoms with Crippen LogP contribution in [0.2, 0.25) is 0 Å². The minimum atomic E-state index is -0.536. The topological polar surface area (TPSA) is 76.2 Å². The molecule has 0 spiro atoms. The number of rotatable bonds is 9. The second kappa shape index (κ2) is 12.7. The molecule has 29 heavy (non-hydrogen) atoms. The van der Waals surface area contributed by atoms with Gasteiger partial charge in [-0.05, 0) is 51.4 Å². The zero-order valence-corrected chi connectivity index (χ0v) is 18.2. The minimum absolute atomic E-state index is 0.134. The molecule has 2 aliphatic rings. The first-order chi connectivity index (χ1) is 14.1. The predicted molar refractivity (Wildman–Crippen MR) is 110 cm³/mol. The van der Waals surface area contributed by atoms with E-state index in [9.17, 15) is 14.4 Å². The molecule has 0 N–H and O–H groups in total. The summed E-state index contributed by atoms with van der Waals surface area (Å²) in [6.07, 6.45) is 9.31. The molecule has 7 heteroatoms. The van der Waals surface area contributed by atoms with E-state index in [1.807, 2.05) is 6.92 Å². The van der Waals surface area contributed by atoms with Crippen molar-refractivity contribution in [1.82, 2.24) is 9.80 Å². The van der Waals surface area contributed by atoms with Gasteiger partial charge in [0.05, 0.1) is 13.2 Å². The molecule has 2 amide bonds. The van der Waals surface area contributed by atoms with Crippen molar-refractivity contribution in [2.45, 2.75) is 96.6 Å². The van der Waals surface area contributed by atoms with Crippen LogP contribution in [0, 0.1) is 0 Å². The molecule has 2 rings (SSSR count). The summed E-state index contributed by atoms with van der Waals surface area (Å²) in [5, 5.41) is 0. The molecule has 2 saturated heterocycles. The van der Waals surface area contributed by atoms with Crippen molar-refractivity contribution < 1.29 is 23.9 Å². The van der Waals surface area contributed by atoms with Crippen molar-refractivity contribution in [2.75, 3.05) is 26.3 Å². The molecule has 0 aromatic heterocycles. The largest absolute Gasteiger partial charge is 0.464 e. The normalized spacial score (nSPS) is 22.3. The van der Waals surface area contributed by atoms with Crippen molar-refractivity contribution in [3.8, 4) is 0 Å². The zero-order chi connectivity index (χ0) is 21.1. The van der Waals surface area contributed by atoms with Crippen LogP contribution in [0.25, 0.3) is 0 Å². The zero-order valence-electron chi connectivity index (χ0n) is 18.2. The Morgan fingerprint density at radius 2 is 1.45 bits per heavy atom. The van der Waals surface area contributed by atoms with Crippen LogP contribution in [0.5, 0.6) is 0 Å². The van der Waals surface area contributed by atoms with Gasteiger partial charge in [0.1, 0.15) is 12.1 Å². The fourth-order valence-corrected chi connectivity index (χ4v) is 4.11. The minimum Gasteiger partial charge on any atom is -0.464 e. The molecule has 0 aromatic rings. The van der Waals surface area contributed by atoms with Gasteiger partial charge in [-0.2, -0.15) is 0 Å². The molecule has 0 bridgehead atoms. The van der Waals surface area contributed by atoms with E-state index in [-0.39, 0.29) is 11.9 Å². The maximum atomic E-state index is 13.3. The number of piperidine rings is 2. The van der Waals surface area contributed by atoms with Crippen molar-refractivity contribution in [3.05, 3.63) is 0 Å². The summed E-state index contributed by atoms with van der Waals surface area (Å²) < 4.78 is 10.8. The van der Waals surface area contributed by atoms with Crippen LogP contribution in [0.15, 0.2) is 0 Å². The Morgan fingerprint density at radius 3 is 2.14 bits per heavy atom. The second-order valence-electron chi connectivity index (χ2n) is 8.09. The number of carbonyl (C=O) groups excluding carboxylic acids is 3. The van der Waals surface area contributed by atoms with Gasteiger partial charge in [-0.3, -0.25) is 9.69 Å². The molecular weight excluding hydrogens is 372 g/mol. The van der Waals surface area contributed by atoms with Gasteiger partial charge in [0.25, 0.3) is 0 Å².